The first-order valence-corrected chi connectivity index (χ1v) is 8.47. The van der Waals surface area contributed by atoms with Crippen molar-refractivity contribution < 1.29 is 9.53 Å². The third-order valence-corrected chi connectivity index (χ3v) is 4.41. The van der Waals surface area contributed by atoms with E-state index in [1.807, 2.05) is 12.1 Å². The Kier molecular flexibility index (Phi) is 6.24. The van der Waals surface area contributed by atoms with Gasteiger partial charge in [0.1, 0.15) is 5.75 Å². The van der Waals surface area contributed by atoms with Crippen LogP contribution >= 0.6 is 15.9 Å². The maximum Gasteiger partial charge on any atom is 0.153 e. The molecule has 0 radical (unpaired) electrons. The molecule has 1 heterocycles. The predicted octanol–water partition coefficient (Wildman–Crippen LogP) is 4.01. The first-order valence-electron chi connectivity index (χ1n) is 7.68. The van der Waals surface area contributed by atoms with Crippen LogP contribution in [0.25, 0.3) is 0 Å². The Bertz CT molecular complexity index is 468. The lowest BCUT2D eigenvalue weighted by molar-refractivity contribution is 0.111. The quantitative estimate of drug-likeness (QED) is 0.571. The second-order valence-electron chi connectivity index (χ2n) is 6.21. The molecule has 1 aromatic carbocycles. The number of carbonyl (C=O) groups is 1. The van der Waals surface area contributed by atoms with Crippen molar-refractivity contribution in [2.24, 2.45) is 11.8 Å². The van der Waals surface area contributed by atoms with Crippen molar-refractivity contribution in [3.8, 4) is 5.75 Å². The highest BCUT2D eigenvalue weighted by atomic mass is 79.9. The molecule has 2 rings (SSSR count). The van der Waals surface area contributed by atoms with E-state index in [1.165, 1.54) is 19.5 Å². The number of hydrogen-bond acceptors (Lipinski definition) is 3. The van der Waals surface area contributed by atoms with E-state index < -0.39 is 0 Å². The Morgan fingerprint density at radius 3 is 2.71 bits per heavy atom. The number of hydrogen-bond donors (Lipinski definition) is 0. The molecule has 0 spiro atoms. The summed E-state index contributed by atoms with van der Waals surface area (Å²) >= 11 is 3.36. The number of aldehydes is 1. The van der Waals surface area contributed by atoms with Gasteiger partial charge in [-0.15, -0.1) is 0 Å². The number of carbonyl (C=O) groups excluding carboxylic acids is 1. The van der Waals surface area contributed by atoms with Crippen LogP contribution in [-0.2, 0) is 0 Å². The molecular weight excluding hydrogens is 330 g/mol. The van der Waals surface area contributed by atoms with E-state index in [0.29, 0.717) is 17.9 Å². The molecule has 3 nitrogen and oxygen atoms in total. The van der Waals surface area contributed by atoms with Gasteiger partial charge in [0, 0.05) is 24.1 Å². The average Bonchev–Trinajstić information content (AvgIpc) is 2.43. The van der Waals surface area contributed by atoms with Crippen LogP contribution in [0.5, 0.6) is 5.75 Å². The van der Waals surface area contributed by atoms with Crippen LogP contribution < -0.4 is 4.74 Å². The molecule has 1 fully saturated rings. The fourth-order valence-electron chi connectivity index (χ4n) is 3.19. The predicted molar refractivity (Wildman–Crippen MR) is 89.0 cm³/mol. The third-order valence-electron chi connectivity index (χ3n) is 3.92. The highest BCUT2D eigenvalue weighted by molar-refractivity contribution is 9.10. The number of benzene rings is 1. The van der Waals surface area contributed by atoms with Crippen molar-refractivity contribution in [3.63, 3.8) is 0 Å². The largest absolute Gasteiger partial charge is 0.493 e. The molecule has 0 aliphatic carbocycles. The fourth-order valence-corrected chi connectivity index (χ4v) is 3.57. The minimum atomic E-state index is 0.601. The summed E-state index contributed by atoms with van der Waals surface area (Å²) in [7, 11) is 0. The molecule has 0 saturated carbocycles. The monoisotopic (exact) mass is 353 g/mol. The zero-order valence-electron chi connectivity index (χ0n) is 12.8. The van der Waals surface area contributed by atoms with E-state index in [1.54, 1.807) is 6.07 Å². The standard InChI is InChI=1S/C17H24BrNO2/c1-13-8-14(2)11-19(10-13)6-3-7-21-17-5-4-16(18)9-15(17)12-20/h4-5,9,12-14H,3,6-8,10-11H2,1-2H3. The lowest BCUT2D eigenvalue weighted by Gasteiger charge is -2.34. The molecule has 2 unspecified atom stereocenters. The van der Waals surface area contributed by atoms with Crippen LogP contribution in [-0.4, -0.2) is 37.4 Å². The summed E-state index contributed by atoms with van der Waals surface area (Å²) < 4.78 is 6.65. The van der Waals surface area contributed by atoms with Gasteiger partial charge in [0.05, 0.1) is 12.2 Å². The summed E-state index contributed by atoms with van der Waals surface area (Å²) in [5, 5.41) is 0. The van der Waals surface area contributed by atoms with Crippen molar-refractivity contribution in [2.75, 3.05) is 26.2 Å². The Hall–Kier alpha value is -0.870. The number of likely N-dealkylation sites (tertiary alicyclic amines) is 1. The molecule has 0 bridgehead atoms. The van der Waals surface area contributed by atoms with Crippen LogP contribution in [0.4, 0.5) is 0 Å². The smallest absolute Gasteiger partial charge is 0.153 e. The van der Waals surface area contributed by atoms with Gasteiger partial charge in [0.25, 0.3) is 0 Å². The first kappa shape index (κ1) is 16.5. The zero-order valence-corrected chi connectivity index (χ0v) is 14.4. The molecule has 4 heteroatoms. The van der Waals surface area contributed by atoms with Gasteiger partial charge < -0.3 is 9.64 Å². The van der Waals surface area contributed by atoms with E-state index in [2.05, 4.69) is 34.7 Å². The van der Waals surface area contributed by atoms with Gasteiger partial charge in [0.15, 0.2) is 6.29 Å². The summed E-state index contributed by atoms with van der Waals surface area (Å²) in [5.41, 5.74) is 0.601. The van der Waals surface area contributed by atoms with Crippen LogP contribution in [0.1, 0.15) is 37.0 Å². The van der Waals surface area contributed by atoms with Gasteiger partial charge in [-0.1, -0.05) is 29.8 Å². The number of halogens is 1. The Morgan fingerprint density at radius 1 is 1.33 bits per heavy atom. The topological polar surface area (TPSA) is 29.5 Å². The summed E-state index contributed by atoms with van der Waals surface area (Å²) in [6, 6.07) is 5.53. The molecule has 1 aromatic rings. The highest BCUT2D eigenvalue weighted by Gasteiger charge is 2.21. The van der Waals surface area contributed by atoms with Crippen LogP contribution in [0.2, 0.25) is 0 Å². The number of piperidine rings is 1. The van der Waals surface area contributed by atoms with Gasteiger partial charge in [0.2, 0.25) is 0 Å². The Balaban J connectivity index is 1.76. The third kappa shape index (κ3) is 5.11. The average molecular weight is 354 g/mol. The molecule has 2 atom stereocenters. The summed E-state index contributed by atoms with van der Waals surface area (Å²) in [6.45, 7) is 8.78. The molecule has 21 heavy (non-hydrogen) atoms. The van der Waals surface area contributed by atoms with Gasteiger partial charge in [-0.3, -0.25) is 4.79 Å². The van der Waals surface area contributed by atoms with Gasteiger partial charge >= 0.3 is 0 Å². The minimum absolute atomic E-state index is 0.601. The molecule has 1 saturated heterocycles. The summed E-state index contributed by atoms with van der Waals surface area (Å²) in [5.74, 6) is 2.26. The Labute approximate surface area is 135 Å². The van der Waals surface area contributed by atoms with Gasteiger partial charge in [-0.05, 0) is 42.9 Å². The van der Waals surface area contributed by atoms with Crippen LogP contribution in [0.3, 0.4) is 0 Å². The zero-order chi connectivity index (χ0) is 15.2. The normalized spacial score (nSPS) is 23.0. The van der Waals surface area contributed by atoms with E-state index in [-0.39, 0.29) is 0 Å². The molecule has 116 valence electrons. The van der Waals surface area contributed by atoms with Crippen molar-refractivity contribution in [2.45, 2.75) is 26.7 Å². The lowest BCUT2D eigenvalue weighted by atomic mass is 9.92. The number of nitrogens with zero attached hydrogens (tertiary/aromatic N) is 1. The molecule has 0 amide bonds. The Morgan fingerprint density at radius 2 is 2.05 bits per heavy atom. The van der Waals surface area contributed by atoms with Crippen LogP contribution in [0.15, 0.2) is 22.7 Å². The summed E-state index contributed by atoms with van der Waals surface area (Å²) in [4.78, 5) is 13.6. The van der Waals surface area contributed by atoms with Crippen LogP contribution in [0, 0.1) is 11.8 Å². The SMILES string of the molecule is CC1CC(C)CN(CCCOc2ccc(Br)cc2C=O)C1. The molecule has 0 N–H and O–H groups in total. The van der Waals surface area contributed by atoms with Crippen molar-refractivity contribution in [1.29, 1.82) is 0 Å². The van der Waals surface area contributed by atoms with Gasteiger partial charge in [-0.25, -0.2) is 0 Å². The maximum absolute atomic E-state index is 11.0. The lowest BCUT2D eigenvalue weighted by Crippen LogP contribution is -2.39. The van der Waals surface area contributed by atoms with E-state index in [9.17, 15) is 4.79 Å². The fraction of sp³-hybridized carbons (Fsp3) is 0.588. The molecular formula is C17H24BrNO2. The van der Waals surface area contributed by atoms with E-state index >= 15 is 0 Å². The minimum Gasteiger partial charge on any atom is -0.493 e. The molecule has 0 aromatic heterocycles. The number of ether oxygens (including phenoxy) is 1. The van der Waals surface area contributed by atoms with Crippen molar-refractivity contribution in [3.05, 3.63) is 28.2 Å². The maximum atomic E-state index is 11.0. The number of rotatable bonds is 6. The highest BCUT2D eigenvalue weighted by Crippen LogP contribution is 2.23. The van der Waals surface area contributed by atoms with E-state index in [0.717, 1.165) is 35.6 Å². The van der Waals surface area contributed by atoms with Crippen molar-refractivity contribution in [1.82, 2.24) is 4.90 Å². The first-order chi connectivity index (χ1) is 10.1. The van der Waals surface area contributed by atoms with Crippen molar-refractivity contribution >= 4 is 22.2 Å². The second kappa shape index (κ2) is 7.95. The summed E-state index contributed by atoms with van der Waals surface area (Å²) in [6.07, 6.45) is 3.18. The molecule has 1 aliphatic rings. The van der Waals surface area contributed by atoms with E-state index in [4.69, 9.17) is 4.74 Å². The van der Waals surface area contributed by atoms with Gasteiger partial charge in [-0.2, -0.15) is 0 Å². The second-order valence-corrected chi connectivity index (χ2v) is 7.12. The molecule has 1 aliphatic heterocycles.